The largest absolute Gasteiger partial charge is 0.489 e. The van der Waals surface area contributed by atoms with E-state index in [1.165, 1.54) is 0 Å². The molecule has 2 aliphatic rings. The molecule has 26 heavy (non-hydrogen) atoms. The lowest BCUT2D eigenvalue weighted by molar-refractivity contribution is -0.146. The number of halogens is 1. The summed E-state index contributed by atoms with van der Waals surface area (Å²) >= 11 is 6.39. The number of nitrogens with one attached hydrogen (secondary N) is 1. The molecule has 2 aliphatic heterocycles. The summed E-state index contributed by atoms with van der Waals surface area (Å²) in [7, 11) is 0. The molecule has 3 rings (SSSR count). The lowest BCUT2D eigenvalue weighted by Gasteiger charge is -2.31. The molecule has 0 spiro atoms. The van der Waals surface area contributed by atoms with Gasteiger partial charge in [0.25, 0.3) is 5.91 Å². The smallest absolute Gasteiger partial charge is 0.253 e. The molecule has 1 unspecified atom stereocenters. The minimum absolute atomic E-state index is 0.00846. The van der Waals surface area contributed by atoms with E-state index in [2.05, 4.69) is 19.2 Å². The van der Waals surface area contributed by atoms with Gasteiger partial charge < -0.3 is 24.4 Å². The van der Waals surface area contributed by atoms with Crippen LogP contribution < -0.4 is 14.8 Å². The van der Waals surface area contributed by atoms with Crippen molar-refractivity contribution in [3.8, 4) is 11.5 Å². The lowest BCUT2D eigenvalue weighted by atomic mass is 10.1. The maximum atomic E-state index is 12.9. The van der Waals surface area contributed by atoms with E-state index in [4.69, 9.17) is 25.8 Å². The average molecular weight is 383 g/mol. The van der Waals surface area contributed by atoms with Gasteiger partial charge in [-0.2, -0.15) is 0 Å². The highest BCUT2D eigenvalue weighted by molar-refractivity contribution is 6.32. The Labute approximate surface area is 159 Å². The lowest BCUT2D eigenvalue weighted by Crippen LogP contribution is -2.49. The first-order valence-corrected chi connectivity index (χ1v) is 9.61. The van der Waals surface area contributed by atoms with Crippen molar-refractivity contribution in [2.45, 2.75) is 32.9 Å². The van der Waals surface area contributed by atoms with Gasteiger partial charge in [-0.25, -0.2) is 0 Å². The van der Waals surface area contributed by atoms with Crippen LogP contribution in [0.4, 0.5) is 0 Å². The Hall–Kier alpha value is -1.50. The van der Waals surface area contributed by atoms with Crippen LogP contribution in [0.3, 0.4) is 0 Å². The van der Waals surface area contributed by atoms with Crippen molar-refractivity contribution in [1.29, 1.82) is 0 Å². The van der Waals surface area contributed by atoms with Gasteiger partial charge in [-0.3, -0.25) is 4.79 Å². The maximum absolute atomic E-state index is 12.9. The number of carbonyl (C=O) groups is 1. The number of rotatable bonds is 5. The molecule has 1 saturated heterocycles. The molecule has 1 amide bonds. The zero-order valence-electron chi connectivity index (χ0n) is 15.4. The van der Waals surface area contributed by atoms with Crippen molar-refractivity contribution in [2.75, 3.05) is 39.5 Å². The Bertz CT molecular complexity index is 632. The summed E-state index contributed by atoms with van der Waals surface area (Å²) < 4.78 is 17.1. The molecule has 1 aromatic rings. The third kappa shape index (κ3) is 4.81. The highest BCUT2D eigenvalue weighted by atomic mass is 35.5. The van der Waals surface area contributed by atoms with E-state index in [9.17, 15) is 4.79 Å². The summed E-state index contributed by atoms with van der Waals surface area (Å²) in [5.41, 5.74) is 0.928. The first kappa shape index (κ1) is 19.3. The number of hydrogen-bond acceptors (Lipinski definition) is 5. The zero-order valence-corrected chi connectivity index (χ0v) is 16.2. The third-order valence-corrected chi connectivity index (χ3v) is 4.62. The fourth-order valence-corrected chi connectivity index (χ4v) is 3.48. The standard InChI is InChI=1S/C19H27ClN2O4/c1-13(2)11-22(19(23)17-10-21-4-7-25-17)12-14-8-15(20)18-16(9-14)24-5-3-6-26-18/h8-9,13,17,21H,3-7,10-12H2,1-2H3. The molecule has 0 saturated carbocycles. The van der Waals surface area contributed by atoms with Crippen LogP contribution in [0, 0.1) is 5.92 Å². The predicted octanol–water partition coefficient (Wildman–Crippen LogP) is 2.47. The number of nitrogens with zero attached hydrogens (tertiary/aromatic N) is 1. The normalized spacial score (nSPS) is 19.9. The van der Waals surface area contributed by atoms with Gasteiger partial charge in [0.05, 0.1) is 24.8 Å². The molecule has 0 aromatic heterocycles. The quantitative estimate of drug-likeness (QED) is 0.847. The van der Waals surface area contributed by atoms with E-state index in [-0.39, 0.29) is 5.91 Å². The van der Waals surface area contributed by atoms with Crippen molar-refractivity contribution < 1.29 is 19.0 Å². The van der Waals surface area contributed by atoms with Gasteiger partial charge in [-0.05, 0) is 23.6 Å². The second-order valence-corrected chi connectivity index (χ2v) is 7.54. The predicted molar refractivity (Wildman–Crippen MR) is 99.9 cm³/mol. The van der Waals surface area contributed by atoms with Crippen molar-refractivity contribution in [1.82, 2.24) is 10.2 Å². The molecular weight excluding hydrogens is 356 g/mol. The van der Waals surface area contributed by atoms with Gasteiger partial charge >= 0.3 is 0 Å². The van der Waals surface area contributed by atoms with Crippen LogP contribution >= 0.6 is 11.6 Å². The van der Waals surface area contributed by atoms with E-state index in [0.29, 0.717) is 61.9 Å². The summed E-state index contributed by atoms with van der Waals surface area (Å²) in [6, 6.07) is 3.78. The SMILES string of the molecule is CC(C)CN(Cc1cc(Cl)c2c(c1)OCCCO2)C(=O)C1CNCCO1. The Balaban J connectivity index is 1.78. The van der Waals surface area contributed by atoms with Crippen molar-refractivity contribution in [2.24, 2.45) is 5.92 Å². The van der Waals surface area contributed by atoms with Crippen molar-refractivity contribution >= 4 is 17.5 Å². The average Bonchev–Trinajstić information content (AvgIpc) is 2.87. The van der Waals surface area contributed by atoms with Crippen LogP contribution in [-0.4, -0.2) is 56.4 Å². The summed E-state index contributed by atoms with van der Waals surface area (Å²) in [6.45, 7) is 8.41. The number of hydrogen-bond donors (Lipinski definition) is 1. The van der Waals surface area contributed by atoms with Crippen LogP contribution in [0.15, 0.2) is 12.1 Å². The molecule has 1 fully saturated rings. The van der Waals surface area contributed by atoms with Gasteiger partial charge in [-0.1, -0.05) is 25.4 Å². The van der Waals surface area contributed by atoms with Crippen LogP contribution in [0.2, 0.25) is 5.02 Å². The molecule has 0 bridgehead atoms. The molecule has 144 valence electrons. The third-order valence-electron chi connectivity index (χ3n) is 4.34. The molecule has 0 radical (unpaired) electrons. The fourth-order valence-electron chi connectivity index (χ4n) is 3.20. The van der Waals surface area contributed by atoms with Crippen molar-refractivity contribution in [3.63, 3.8) is 0 Å². The van der Waals surface area contributed by atoms with Gasteiger partial charge in [0, 0.05) is 32.6 Å². The van der Waals surface area contributed by atoms with Crippen LogP contribution in [0.1, 0.15) is 25.8 Å². The number of morpholine rings is 1. The van der Waals surface area contributed by atoms with Crippen molar-refractivity contribution in [3.05, 3.63) is 22.7 Å². The number of ether oxygens (including phenoxy) is 3. The molecular formula is C19H27ClN2O4. The number of benzene rings is 1. The number of amides is 1. The van der Waals surface area contributed by atoms with E-state index in [1.54, 1.807) is 0 Å². The second-order valence-electron chi connectivity index (χ2n) is 7.13. The Morgan fingerprint density at radius 2 is 2.12 bits per heavy atom. The summed E-state index contributed by atoms with van der Waals surface area (Å²) in [4.78, 5) is 14.8. The van der Waals surface area contributed by atoms with Gasteiger partial charge in [0.2, 0.25) is 0 Å². The minimum atomic E-state index is -0.432. The highest BCUT2D eigenvalue weighted by Gasteiger charge is 2.28. The molecule has 1 N–H and O–H groups in total. The second kappa shape index (κ2) is 8.93. The summed E-state index contributed by atoms with van der Waals surface area (Å²) in [5, 5.41) is 3.73. The van der Waals surface area contributed by atoms with Gasteiger partial charge in [0.1, 0.15) is 6.10 Å². The van der Waals surface area contributed by atoms with E-state index < -0.39 is 6.10 Å². The number of carbonyl (C=O) groups excluding carboxylic acids is 1. The Kier molecular flexibility index (Phi) is 6.62. The first-order valence-electron chi connectivity index (χ1n) is 9.23. The summed E-state index contributed by atoms with van der Waals surface area (Å²) in [6.07, 6.45) is 0.392. The Morgan fingerprint density at radius 1 is 1.31 bits per heavy atom. The number of fused-ring (bicyclic) bond motifs is 1. The molecule has 2 heterocycles. The first-order chi connectivity index (χ1) is 12.5. The molecule has 1 atom stereocenters. The van der Waals surface area contributed by atoms with E-state index >= 15 is 0 Å². The van der Waals surface area contributed by atoms with Crippen LogP contribution in [0.25, 0.3) is 0 Å². The van der Waals surface area contributed by atoms with E-state index in [1.807, 2.05) is 17.0 Å². The van der Waals surface area contributed by atoms with E-state index in [0.717, 1.165) is 18.5 Å². The minimum Gasteiger partial charge on any atom is -0.489 e. The van der Waals surface area contributed by atoms with Gasteiger partial charge in [0.15, 0.2) is 11.5 Å². The Morgan fingerprint density at radius 3 is 2.85 bits per heavy atom. The van der Waals surface area contributed by atoms with Crippen LogP contribution in [0.5, 0.6) is 11.5 Å². The topological polar surface area (TPSA) is 60.0 Å². The molecule has 6 nitrogen and oxygen atoms in total. The molecule has 7 heteroatoms. The van der Waals surface area contributed by atoms with Crippen LogP contribution in [-0.2, 0) is 16.1 Å². The molecule has 1 aromatic carbocycles. The summed E-state index contributed by atoms with van der Waals surface area (Å²) in [5.74, 6) is 1.60. The van der Waals surface area contributed by atoms with Gasteiger partial charge in [-0.15, -0.1) is 0 Å². The molecule has 0 aliphatic carbocycles. The highest BCUT2D eigenvalue weighted by Crippen LogP contribution is 2.38. The zero-order chi connectivity index (χ0) is 18.5. The maximum Gasteiger partial charge on any atom is 0.253 e. The fraction of sp³-hybridized carbons (Fsp3) is 0.632. The monoisotopic (exact) mass is 382 g/mol.